The van der Waals surface area contributed by atoms with Crippen molar-refractivity contribution in [2.24, 2.45) is 0 Å². The van der Waals surface area contributed by atoms with Gasteiger partial charge >= 0.3 is 5.97 Å². The molecule has 44 heavy (non-hydrogen) atoms. The molecule has 0 aromatic heterocycles. The Morgan fingerprint density at radius 2 is 0.636 bits per heavy atom. The first-order chi connectivity index (χ1) is 21.8. The number of esters is 1. The van der Waals surface area contributed by atoms with Crippen molar-refractivity contribution in [1.29, 1.82) is 0 Å². The molecule has 0 radical (unpaired) electrons. The first kappa shape index (κ1) is 43.0. The molecule has 0 heterocycles. The Morgan fingerprint density at radius 3 is 0.886 bits per heavy atom. The van der Waals surface area contributed by atoms with Crippen molar-refractivity contribution in [1.82, 2.24) is 0 Å². The summed E-state index contributed by atoms with van der Waals surface area (Å²) in [4.78, 5) is 11.4. The SMILES string of the molecule is CCCCCC(=O)OCCOCCOCCOCCOCCOCCOCCOCCOCCOCCOCCOCCO. The largest absolute Gasteiger partial charge is 0.463 e. The molecule has 1 N–H and O–H groups in total. The van der Waals surface area contributed by atoms with E-state index < -0.39 is 0 Å². The molecule has 0 amide bonds. The van der Waals surface area contributed by atoms with E-state index in [0.717, 1.165) is 19.3 Å². The lowest BCUT2D eigenvalue weighted by Gasteiger charge is -2.09. The Balaban J connectivity index is 3.07. The van der Waals surface area contributed by atoms with Gasteiger partial charge in [-0.25, -0.2) is 0 Å². The van der Waals surface area contributed by atoms with Crippen LogP contribution in [0.1, 0.15) is 32.6 Å². The second-order valence-corrected chi connectivity index (χ2v) is 9.14. The van der Waals surface area contributed by atoms with Crippen molar-refractivity contribution in [2.45, 2.75) is 32.6 Å². The topological polar surface area (TPSA) is 148 Å². The summed E-state index contributed by atoms with van der Waals surface area (Å²) in [5.74, 6) is -0.161. The van der Waals surface area contributed by atoms with Crippen molar-refractivity contribution in [2.75, 3.05) is 159 Å². The van der Waals surface area contributed by atoms with Gasteiger partial charge in [0.15, 0.2) is 0 Å². The van der Waals surface area contributed by atoms with Gasteiger partial charge in [-0.3, -0.25) is 4.79 Å². The van der Waals surface area contributed by atoms with Gasteiger partial charge in [-0.15, -0.1) is 0 Å². The van der Waals surface area contributed by atoms with Crippen LogP contribution >= 0.6 is 0 Å². The molecule has 0 spiro atoms. The standard InChI is InChI=1S/C30H60O14/c1-2-3-4-5-30(32)44-29-28-43-27-26-42-25-24-41-23-22-40-21-20-39-19-18-38-17-16-37-15-14-36-13-12-35-11-10-34-9-8-33-7-6-31/h31H,2-29H2,1H3. The number of hydrogen-bond acceptors (Lipinski definition) is 14. The minimum Gasteiger partial charge on any atom is -0.463 e. The minimum absolute atomic E-state index is 0.0230. The summed E-state index contributed by atoms with van der Waals surface area (Å²) < 4.78 is 64.4. The molecule has 0 aliphatic heterocycles. The molecule has 264 valence electrons. The maximum atomic E-state index is 11.4. The second-order valence-electron chi connectivity index (χ2n) is 9.14. The molecule has 0 atom stereocenters. The number of carbonyl (C=O) groups is 1. The summed E-state index contributed by atoms with van der Waals surface area (Å²) in [5, 5.41) is 8.57. The normalized spacial score (nSPS) is 11.4. The molecule has 0 unspecified atom stereocenters. The van der Waals surface area contributed by atoms with Crippen LogP contribution < -0.4 is 0 Å². The van der Waals surface area contributed by atoms with Crippen LogP contribution in [0.3, 0.4) is 0 Å². The lowest BCUT2D eigenvalue weighted by Crippen LogP contribution is -2.15. The summed E-state index contributed by atoms with van der Waals surface area (Å²) in [5.41, 5.74) is 0. The van der Waals surface area contributed by atoms with E-state index in [1.54, 1.807) is 0 Å². The Hall–Kier alpha value is -1.01. The van der Waals surface area contributed by atoms with Crippen LogP contribution in [0.25, 0.3) is 0 Å². The molecule has 0 aliphatic rings. The highest BCUT2D eigenvalue weighted by atomic mass is 16.6. The third-order valence-electron chi connectivity index (χ3n) is 5.43. The summed E-state index contributed by atoms with van der Waals surface area (Å²) in [6, 6.07) is 0. The third kappa shape index (κ3) is 39.0. The van der Waals surface area contributed by atoms with Gasteiger partial charge in [0.1, 0.15) is 6.61 Å². The number of ether oxygens (including phenoxy) is 12. The van der Waals surface area contributed by atoms with Crippen LogP contribution in [0.4, 0.5) is 0 Å². The number of hydrogen-bond donors (Lipinski definition) is 1. The predicted octanol–water partition coefficient (Wildman–Crippen LogP) is 1.28. The van der Waals surface area contributed by atoms with Crippen LogP contribution in [-0.2, 0) is 61.6 Å². The number of aliphatic hydroxyl groups is 1. The zero-order valence-electron chi connectivity index (χ0n) is 27.1. The van der Waals surface area contributed by atoms with E-state index >= 15 is 0 Å². The molecule has 0 rings (SSSR count). The average molecular weight is 645 g/mol. The van der Waals surface area contributed by atoms with Crippen molar-refractivity contribution < 1.29 is 66.7 Å². The van der Waals surface area contributed by atoms with Gasteiger partial charge < -0.3 is 61.9 Å². The van der Waals surface area contributed by atoms with Crippen molar-refractivity contribution >= 4 is 5.97 Å². The average Bonchev–Trinajstić information content (AvgIpc) is 3.03. The Labute approximate surface area is 264 Å². The van der Waals surface area contributed by atoms with E-state index in [0.29, 0.717) is 152 Å². The van der Waals surface area contributed by atoms with E-state index in [2.05, 4.69) is 6.92 Å². The van der Waals surface area contributed by atoms with Crippen molar-refractivity contribution in [3.63, 3.8) is 0 Å². The Kier molecular flexibility index (Phi) is 39.1. The predicted molar refractivity (Wildman–Crippen MR) is 161 cm³/mol. The van der Waals surface area contributed by atoms with E-state index in [4.69, 9.17) is 61.9 Å². The third-order valence-corrected chi connectivity index (χ3v) is 5.43. The number of aliphatic hydroxyl groups excluding tert-OH is 1. The highest BCUT2D eigenvalue weighted by molar-refractivity contribution is 5.69. The van der Waals surface area contributed by atoms with Gasteiger partial charge in [-0.2, -0.15) is 0 Å². The fourth-order valence-electron chi connectivity index (χ4n) is 3.17. The maximum Gasteiger partial charge on any atom is 0.305 e. The maximum absolute atomic E-state index is 11.4. The van der Waals surface area contributed by atoms with E-state index in [9.17, 15) is 4.79 Å². The van der Waals surface area contributed by atoms with Crippen LogP contribution in [0.5, 0.6) is 0 Å². The lowest BCUT2D eigenvalue weighted by atomic mass is 10.2. The molecule has 0 bridgehead atoms. The first-order valence-electron chi connectivity index (χ1n) is 15.9. The molecule has 0 aromatic rings. The van der Waals surface area contributed by atoms with Gasteiger partial charge in [0, 0.05) is 6.42 Å². The molecule has 14 heteroatoms. The fourth-order valence-corrected chi connectivity index (χ4v) is 3.17. The second kappa shape index (κ2) is 40.0. The zero-order chi connectivity index (χ0) is 31.9. The lowest BCUT2D eigenvalue weighted by molar-refractivity contribution is -0.145. The van der Waals surface area contributed by atoms with Crippen LogP contribution in [0.2, 0.25) is 0 Å². The Morgan fingerprint density at radius 1 is 0.386 bits per heavy atom. The minimum atomic E-state index is -0.161. The van der Waals surface area contributed by atoms with E-state index in [1.165, 1.54) is 0 Å². The van der Waals surface area contributed by atoms with Gasteiger partial charge in [-0.05, 0) is 6.42 Å². The molecule has 14 nitrogen and oxygen atoms in total. The number of unbranched alkanes of at least 4 members (excludes halogenated alkanes) is 2. The molecular formula is C30H60O14. The van der Waals surface area contributed by atoms with Gasteiger partial charge in [-0.1, -0.05) is 19.8 Å². The van der Waals surface area contributed by atoms with Gasteiger partial charge in [0.05, 0.1) is 152 Å². The summed E-state index contributed by atoms with van der Waals surface area (Å²) in [6.07, 6.45) is 3.49. The highest BCUT2D eigenvalue weighted by Gasteiger charge is 2.02. The van der Waals surface area contributed by atoms with Crippen LogP contribution in [0, 0.1) is 0 Å². The van der Waals surface area contributed by atoms with Gasteiger partial charge in [0.2, 0.25) is 0 Å². The molecule has 0 fully saturated rings. The summed E-state index contributed by atoms with van der Waals surface area (Å²) in [7, 11) is 0. The molecule has 0 saturated carbocycles. The van der Waals surface area contributed by atoms with Crippen molar-refractivity contribution in [3.8, 4) is 0 Å². The molecule has 0 saturated heterocycles. The summed E-state index contributed by atoms with van der Waals surface area (Å²) >= 11 is 0. The smallest absolute Gasteiger partial charge is 0.305 e. The fraction of sp³-hybridized carbons (Fsp3) is 0.967. The molecular weight excluding hydrogens is 584 g/mol. The Bertz CT molecular complexity index is 544. The van der Waals surface area contributed by atoms with Crippen molar-refractivity contribution in [3.05, 3.63) is 0 Å². The number of carbonyl (C=O) groups excluding carboxylic acids is 1. The van der Waals surface area contributed by atoms with E-state index in [-0.39, 0.29) is 19.2 Å². The summed E-state index contributed by atoms with van der Waals surface area (Å²) in [6.45, 7) is 12.9. The quantitative estimate of drug-likeness (QED) is 0.0757. The first-order valence-corrected chi connectivity index (χ1v) is 15.9. The van der Waals surface area contributed by atoms with Crippen LogP contribution in [0.15, 0.2) is 0 Å². The number of rotatable bonds is 39. The van der Waals surface area contributed by atoms with Gasteiger partial charge in [0.25, 0.3) is 0 Å². The zero-order valence-corrected chi connectivity index (χ0v) is 27.1. The van der Waals surface area contributed by atoms with E-state index in [1.807, 2.05) is 0 Å². The molecule has 0 aliphatic carbocycles. The van der Waals surface area contributed by atoms with Crippen LogP contribution in [-0.4, -0.2) is 170 Å². The monoisotopic (exact) mass is 644 g/mol. The highest BCUT2D eigenvalue weighted by Crippen LogP contribution is 2.00. The molecule has 0 aromatic carbocycles.